The van der Waals surface area contributed by atoms with Crippen LogP contribution in [0.5, 0.6) is 5.75 Å². The molecule has 1 unspecified atom stereocenters. The van der Waals surface area contributed by atoms with E-state index >= 15 is 0 Å². The molecule has 4 saturated heterocycles. The third-order valence-corrected chi connectivity index (χ3v) is 25.5. The Morgan fingerprint density at radius 1 is 0.496 bits per heavy atom. The average molecular weight is 1610 g/mol. The average Bonchev–Trinajstić information content (AvgIpc) is 1.55. The molecule has 9 N–H and O–H groups in total. The molecule has 0 bridgehead atoms. The molecule has 1 aromatic rings. The first kappa shape index (κ1) is 95.2. The maximum absolute atomic E-state index is 13.7. The number of fused-ring (bicyclic) bond motifs is 4. The summed E-state index contributed by atoms with van der Waals surface area (Å²) in [4.78, 5) is 181. The van der Waals surface area contributed by atoms with Crippen molar-refractivity contribution in [2.24, 2.45) is 102 Å². The van der Waals surface area contributed by atoms with Crippen molar-refractivity contribution in [2.75, 3.05) is 68.7 Å². The van der Waals surface area contributed by atoms with Crippen molar-refractivity contribution in [1.82, 2.24) is 56.8 Å². The second-order valence-electron chi connectivity index (χ2n) is 38.1. The van der Waals surface area contributed by atoms with Gasteiger partial charge in [-0.2, -0.15) is 0 Å². The van der Waals surface area contributed by atoms with E-state index in [-0.39, 0.29) is 129 Å². The zero-order valence-corrected chi connectivity index (χ0v) is 71.2. The van der Waals surface area contributed by atoms with Crippen molar-refractivity contribution >= 4 is 95.4 Å². The van der Waals surface area contributed by atoms with Crippen LogP contribution in [0.15, 0.2) is 24.3 Å². The Morgan fingerprint density at radius 2 is 0.814 bits per heavy atom. The Hall–Kier alpha value is -8.42. The highest BCUT2D eigenvalue weighted by molar-refractivity contribution is 6.38. The van der Waals surface area contributed by atoms with Gasteiger partial charge in [0.15, 0.2) is 0 Å². The number of piperidine rings is 4. The van der Waals surface area contributed by atoms with E-state index in [9.17, 15) is 72.4 Å². The fourth-order valence-corrected chi connectivity index (χ4v) is 17.6. The molecule has 0 aromatic heterocycles. The molecule has 9 aliphatic rings. The number of non-ortho nitro benzene ring substituents is 1. The van der Waals surface area contributed by atoms with Gasteiger partial charge in [-0.25, -0.2) is 28.8 Å². The summed E-state index contributed by atoms with van der Waals surface area (Å²) in [6.45, 7) is 41.2. The molecule has 4 heterocycles. The lowest BCUT2D eigenvalue weighted by atomic mass is 9.80. The molecule has 10 rings (SSSR count). The number of amides is 11. The van der Waals surface area contributed by atoms with Gasteiger partial charge in [-0.05, 0) is 97.4 Å². The molecule has 5 saturated carbocycles. The fraction of sp³-hybridized carbons (Fsp3) is 0.762. The number of nitro groups is 1. The molecule has 17 atom stereocenters. The number of likely N-dealkylation sites (tertiary alicyclic amines) is 4. The molecule has 113 heavy (non-hydrogen) atoms. The summed E-state index contributed by atoms with van der Waals surface area (Å²) >= 11 is 0. The number of nitrogens with two attached hydrogens (primary N) is 1. The highest BCUT2D eigenvalue weighted by atomic mass is 35.5. The third-order valence-electron chi connectivity index (χ3n) is 25.5. The molecule has 0 spiro atoms. The maximum Gasteiger partial charge on any atom is 0.413 e. The summed E-state index contributed by atoms with van der Waals surface area (Å²) in [6.07, 6.45) is 2.56. The molecule has 33 heteroatoms. The zero-order valence-electron chi connectivity index (χ0n) is 70.3. The number of rotatable bonds is 18. The van der Waals surface area contributed by atoms with E-state index in [2.05, 4.69) is 92.6 Å². The number of hydrogen-bond acceptors (Lipinski definition) is 20. The molecular weight excluding hydrogens is 1480 g/mol. The van der Waals surface area contributed by atoms with Gasteiger partial charge in [-0.15, -0.1) is 12.4 Å². The van der Waals surface area contributed by atoms with Gasteiger partial charge < -0.3 is 81.5 Å². The largest absolute Gasteiger partial charge is 0.467 e. The number of likely N-dealkylation sites (N-methyl/N-ethyl adjacent to an activating group) is 1. The Kier molecular flexibility index (Phi) is 29.4. The highest BCUT2D eigenvalue weighted by Crippen LogP contribution is 2.68. The molecule has 0 radical (unpaired) electrons. The van der Waals surface area contributed by atoms with E-state index in [1.807, 2.05) is 62.3 Å². The van der Waals surface area contributed by atoms with Crippen LogP contribution in [0, 0.1) is 107 Å². The van der Waals surface area contributed by atoms with Crippen LogP contribution in [-0.2, 0) is 62.2 Å². The number of halogens is 1. The van der Waals surface area contributed by atoms with E-state index in [1.165, 1.54) is 71.6 Å². The van der Waals surface area contributed by atoms with Crippen LogP contribution in [0.1, 0.15) is 172 Å². The number of carbonyl (C=O) groups excluding carboxylic acids is 13. The van der Waals surface area contributed by atoms with Gasteiger partial charge in [0.1, 0.15) is 48.0 Å². The number of nitro benzene ring substituents is 1. The topological polar surface area (TPSA) is 425 Å². The van der Waals surface area contributed by atoms with Crippen molar-refractivity contribution < 1.29 is 86.2 Å². The minimum absolute atomic E-state index is 0. The summed E-state index contributed by atoms with van der Waals surface area (Å²) in [6, 6.07) is -2.38. The van der Waals surface area contributed by atoms with Crippen LogP contribution in [0.25, 0.3) is 0 Å². The van der Waals surface area contributed by atoms with Gasteiger partial charge >= 0.3 is 36.1 Å². The van der Waals surface area contributed by atoms with Gasteiger partial charge in [-0.3, -0.25) is 43.7 Å². The number of benzene rings is 1. The van der Waals surface area contributed by atoms with Crippen LogP contribution >= 0.6 is 12.4 Å². The first-order chi connectivity index (χ1) is 51.0. The smallest absolute Gasteiger partial charge is 0.413 e. The number of hydrogen-bond donors (Lipinski definition) is 8. The van der Waals surface area contributed by atoms with Crippen LogP contribution in [-0.4, -0.2) is 225 Å². The number of nitrogens with zero attached hydrogens (tertiary/aromatic N) is 5. The van der Waals surface area contributed by atoms with Gasteiger partial charge in [0.2, 0.25) is 35.3 Å². The Bertz CT molecular complexity index is 3760. The molecule has 11 amide bonds. The normalized spacial score (nSPS) is 26.9. The minimum atomic E-state index is -0.958. The molecule has 4 aliphatic heterocycles. The van der Waals surface area contributed by atoms with Gasteiger partial charge in [0, 0.05) is 77.2 Å². The summed E-state index contributed by atoms with van der Waals surface area (Å²) in [7, 11) is 8.40. The Labute approximate surface area is 672 Å². The Morgan fingerprint density at radius 3 is 1.10 bits per heavy atom. The quantitative estimate of drug-likeness (QED) is 0.0252. The van der Waals surface area contributed by atoms with E-state index in [1.54, 1.807) is 35.5 Å². The Balaban J connectivity index is 0.000000273. The van der Waals surface area contributed by atoms with Crippen molar-refractivity contribution in [3.8, 4) is 5.75 Å². The standard InChI is InChI=1S/C25H41N5O5.C22H29N3O7.C17H29N3O4.C15H26N2O3.CH4.ClH/c1-24(2,3)19(29-23(35)27-7)22(34)30-12-14-16(25(14,4)5)17(30)20(32)28-15(11-13-9-8-10-13)18(31)21(33)26-6;1-21(2,3)17(23-20(28)32-13-9-7-12(8-10-13)25(29)30)18(26)24-11-14-15(22(14,4)5)16(24)19(27)31-6;1-16(2,3)12(19-15(23)18-6)13(21)20-8-9-10(17(9,4)5)11(20)14(22)24-7;1-14(2,3)11(16)12(18)17-7-8-9(15(8,4)5)10(17)13(19)20-6;;/h13-17,19H,8-12H2,1-7H3,(H,26,33)(H,28,32)(H2,27,29,35);7-10,14-17H,11H2,1-6H3,(H,23,28);9-12H,8H2,1-7H3,(H2,18,19,23);8-11H,7,16H2,1-6H3;1H4;1H/t14-,15?,16-,17-,19+;14-,15-,16-,17+;9-,10-,11-,12+;8-,9-,10-,11+;;/m0000../s1. The van der Waals surface area contributed by atoms with Crippen molar-refractivity contribution in [3.63, 3.8) is 0 Å². The third kappa shape index (κ3) is 19.9. The molecule has 9 fully saturated rings. The molecular formula is C80H130ClN13O19. The van der Waals surface area contributed by atoms with Crippen LogP contribution in [0.2, 0.25) is 0 Å². The number of ketones is 1. The van der Waals surface area contributed by atoms with Crippen LogP contribution in [0.4, 0.5) is 20.1 Å². The number of ether oxygens (including phenoxy) is 4. The molecule has 636 valence electrons. The monoisotopic (exact) mass is 1610 g/mol. The summed E-state index contributed by atoms with van der Waals surface area (Å²) < 4.78 is 20.0. The SMILES string of the molecule is C.CNC(=O)N[C@H](C(=O)N1C[C@H]2[C@@H]([C@H]1C(=O)NC(CC1CCC1)C(=O)C(=O)NC)C2(C)C)C(C)(C)C.CNC(=O)N[C@H](C(=O)N1C[C@H]2[C@@H]([C@H]1C(=O)OC)C2(C)C)C(C)(C)C.COC(=O)[C@@H]1[C@@H]2[C@H](CN1C(=O)[C@@H](N)C(C)(C)C)C2(C)C.COC(=O)[C@@H]1[C@@H]2[C@H](CN1C(=O)[C@@H](NC(=O)Oc1ccc([N+](=O)[O-])cc1)C(C)(C)C)C2(C)C.Cl. The molecule has 5 aliphatic carbocycles. The summed E-state index contributed by atoms with van der Waals surface area (Å²) in [5.74, 6) is -2.33. The van der Waals surface area contributed by atoms with Crippen molar-refractivity contribution in [2.45, 2.75) is 226 Å². The van der Waals surface area contributed by atoms with E-state index in [0.29, 0.717) is 50.4 Å². The first-order valence-electron chi connectivity index (χ1n) is 38.5. The molecule has 32 nitrogen and oxygen atoms in total. The zero-order chi connectivity index (χ0) is 84.2. The predicted octanol–water partition coefficient (Wildman–Crippen LogP) is 6.62. The van der Waals surface area contributed by atoms with E-state index < -0.39 is 117 Å². The number of esters is 3. The number of Topliss-reactive ketones (excluding diaryl/α,β-unsaturated/α-hetero) is 1. The van der Waals surface area contributed by atoms with Gasteiger partial charge in [-0.1, -0.05) is 165 Å². The van der Waals surface area contributed by atoms with Gasteiger partial charge in [0.05, 0.1) is 38.3 Å². The lowest BCUT2D eigenvalue weighted by Crippen LogP contribution is -2.61. The van der Waals surface area contributed by atoms with Crippen molar-refractivity contribution in [3.05, 3.63) is 34.4 Å². The summed E-state index contributed by atoms with van der Waals surface area (Å²) in [5.41, 5.74) is 3.86. The van der Waals surface area contributed by atoms with E-state index in [4.69, 9.17) is 24.7 Å². The van der Waals surface area contributed by atoms with Gasteiger partial charge in [0.25, 0.3) is 11.6 Å². The fourth-order valence-electron chi connectivity index (χ4n) is 17.6. The highest BCUT2D eigenvalue weighted by Gasteiger charge is 2.74. The molecule has 1 aromatic carbocycles. The van der Waals surface area contributed by atoms with Crippen molar-refractivity contribution in [1.29, 1.82) is 0 Å². The van der Waals surface area contributed by atoms with E-state index in [0.717, 1.165) is 19.3 Å². The lowest BCUT2D eigenvalue weighted by molar-refractivity contribution is -0.384. The van der Waals surface area contributed by atoms with Crippen LogP contribution in [0.3, 0.4) is 0 Å². The number of urea groups is 2. The summed E-state index contributed by atoms with van der Waals surface area (Å²) in [5, 5.41) is 29.0. The predicted molar refractivity (Wildman–Crippen MR) is 423 cm³/mol. The second-order valence-corrected chi connectivity index (χ2v) is 38.1. The number of carbonyl (C=O) groups is 13. The number of nitrogens with one attached hydrogen (secondary N) is 7. The maximum atomic E-state index is 13.7. The lowest BCUT2D eigenvalue weighted by Gasteiger charge is -2.38. The van der Waals surface area contributed by atoms with Crippen LogP contribution < -0.4 is 47.7 Å². The minimum Gasteiger partial charge on any atom is -0.467 e. The first-order valence-corrected chi connectivity index (χ1v) is 38.5. The number of methoxy groups -OCH3 is 3. The second kappa shape index (κ2) is 35.0.